The summed E-state index contributed by atoms with van der Waals surface area (Å²) in [5.41, 5.74) is 0.516. The Labute approximate surface area is 71.6 Å². The molecule has 0 aliphatic heterocycles. The molecule has 0 fully saturated rings. The van der Waals surface area contributed by atoms with E-state index in [1.165, 1.54) is 18.2 Å². The van der Waals surface area contributed by atoms with Gasteiger partial charge in [-0.3, -0.25) is 0 Å². The fourth-order valence-corrected chi connectivity index (χ4v) is 1.18. The summed E-state index contributed by atoms with van der Waals surface area (Å²) in [5, 5.41) is 8.43. The minimum Gasteiger partial charge on any atom is -0.207 e. The van der Waals surface area contributed by atoms with Gasteiger partial charge in [-0.2, -0.15) is 5.26 Å². The van der Waals surface area contributed by atoms with Crippen LogP contribution in [0.15, 0.2) is 18.2 Å². The highest BCUT2D eigenvalue weighted by Crippen LogP contribution is 2.11. The van der Waals surface area contributed by atoms with Gasteiger partial charge in [-0.25, -0.2) is 4.39 Å². The molecule has 0 bridgehead atoms. The van der Waals surface area contributed by atoms with Gasteiger partial charge in [0.15, 0.2) is 0 Å². The first-order valence-electron chi connectivity index (χ1n) is 2.59. The van der Waals surface area contributed by atoms with Crippen LogP contribution >= 0.6 is 22.6 Å². The van der Waals surface area contributed by atoms with Gasteiger partial charge in [-0.05, 0) is 40.8 Å². The zero-order valence-electron chi connectivity index (χ0n) is 4.94. The Balaban J connectivity index is 3.23. The van der Waals surface area contributed by atoms with E-state index in [0.717, 1.165) is 0 Å². The molecule has 1 rings (SSSR count). The predicted molar refractivity (Wildman–Crippen MR) is 43.8 cm³/mol. The van der Waals surface area contributed by atoms with E-state index in [1.54, 1.807) is 0 Å². The number of hydrogen-bond acceptors (Lipinski definition) is 1. The van der Waals surface area contributed by atoms with Crippen molar-refractivity contribution < 1.29 is 4.39 Å². The average Bonchev–Trinajstić information content (AvgIpc) is 1.88. The third-order valence-electron chi connectivity index (χ3n) is 1.05. The van der Waals surface area contributed by atoms with Crippen molar-refractivity contribution in [3.63, 3.8) is 0 Å². The lowest BCUT2D eigenvalue weighted by Gasteiger charge is -1.92. The summed E-state index contributed by atoms with van der Waals surface area (Å²) in [4.78, 5) is 0. The van der Waals surface area contributed by atoms with Crippen LogP contribution in [0, 0.1) is 20.7 Å². The zero-order chi connectivity index (χ0) is 7.56. The summed E-state index contributed by atoms with van der Waals surface area (Å²) in [5.74, 6) is -0.302. The van der Waals surface area contributed by atoms with E-state index in [9.17, 15) is 4.39 Å². The van der Waals surface area contributed by atoms with Gasteiger partial charge in [0.1, 0.15) is 11.9 Å². The summed E-state index contributed by atoms with van der Waals surface area (Å²) in [6, 6.07) is 6.03. The first-order valence-corrected chi connectivity index (χ1v) is 3.67. The van der Waals surface area contributed by atoms with Crippen LogP contribution in [0.5, 0.6) is 0 Å². The SMILES string of the molecule is N#Cc1ccc(F)cc1I. The fourth-order valence-electron chi connectivity index (χ4n) is 0.580. The van der Waals surface area contributed by atoms with E-state index in [-0.39, 0.29) is 5.82 Å². The van der Waals surface area contributed by atoms with Gasteiger partial charge in [0, 0.05) is 3.57 Å². The summed E-state index contributed by atoms with van der Waals surface area (Å²) in [7, 11) is 0. The molecule has 0 N–H and O–H groups in total. The maximum Gasteiger partial charge on any atom is 0.124 e. The normalized spacial score (nSPS) is 8.90. The van der Waals surface area contributed by atoms with Crippen LogP contribution in [-0.2, 0) is 0 Å². The van der Waals surface area contributed by atoms with Crippen LogP contribution in [0.1, 0.15) is 5.56 Å². The zero-order valence-corrected chi connectivity index (χ0v) is 7.09. The number of hydrogen-bond donors (Lipinski definition) is 0. The Morgan fingerprint density at radius 3 is 2.70 bits per heavy atom. The molecule has 0 saturated carbocycles. The van der Waals surface area contributed by atoms with E-state index in [4.69, 9.17) is 5.26 Å². The maximum atomic E-state index is 12.4. The van der Waals surface area contributed by atoms with E-state index >= 15 is 0 Å². The molecular weight excluding hydrogens is 244 g/mol. The Hall–Kier alpha value is -0.630. The molecule has 0 saturated heterocycles. The highest BCUT2D eigenvalue weighted by molar-refractivity contribution is 14.1. The Morgan fingerprint density at radius 1 is 1.50 bits per heavy atom. The molecule has 0 radical (unpaired) electrons. The third kappa shape index (κ3) is 1.45. The van der Waals surface area contributed by atoms with Crippen molar-refractivity contribution in [3.05, 3.63) is 33.1 Å². The highest BCUT2D eigenvalue weighted by atomic mass is 127. The molecule has 0 unspecified atom stereocenters. The van der Waals surface area contributed by atoms with Gasteiger partial charge in [0.2, 0.25) is 0 Å². The van der Waals surface area contributed by atoms with Gasteiger partial charge in [0.05, 0.1) is 5.56 Å². The monoisotopic (exact) mass is 247 g/mol. The molecule has 0 aromatic heterocycles. The summed E-state index contributed by atoms with van der Waals surface area (Å²) in [6.45, 7) is 0. The van der Waals surface area contributed by atoms with Crippen LogP contribution in [0.3, 0.4) is 0 Å². The molecule has 1 aromatic carbocycles. The predicted octanol–water partition coefficient (Wildman–Crippen LogP) is 2.30. The highest BCUT2D eigenvalue weighted by Gasteiger charge is 1.97. The molecule has 1 nitrogen and oxygen atoms in total. The van der Waals surface area contributed by atoms with E-state index < -0.39 is 0 Å². The van der Waals surface area contributed by atoms with Crippen molar-refractivity contribution in [1.82, 2.24) is 0 Å². The third-order valence-corrected chi connectivity index (χ3v) is 1.94. The number of nitriles is 1. The van der Waals surface area contributed by atoms with E-state index in [2.05, 4.69) is 0 Å². The molecule has 50 valence electrons. The molecule has 3 heteroatoms. The molecular formula is C7H3FIN. The summed E-state index contributed by atoms with van der Waals surface area (Å²) >= 11 is 1.92. The minimum absolute atomic E-state index is 0.302. The Morgan fingerprint density at radius 2 is 2.20 bits per heavy atom. The second-order valence-electron chi connectivity index (χ2n) is 1.74. The van der Waals surface area contributed by atoms with Crippen LogP contribution in [0.25, 0.3) is 0 Å². The second kappa shape index (κ2) is 2.97. The number of benzene rings is 1. The number of rotatable bonds is 0. The second-order valence-corrected chi connectivity index (χ2v) is 2.90. The van der Waals surface area contributed by atoms with Crippen molar-refractivity contribution in [2.45, 2.75) is 0 Å². The van der Waals surface area contributed by atoms with Gasteiger partial charge >= 0.3 is 0 Å². The summed E-state index contributed by atoms with van der Waals surface area (Å²) in [6.07, 6.45) is 0. The van der Waals surface area contributed by atoms with Crippen LogP contribution in [0.2, 0.25) is 0 Å². The minimum atomic E-state index is -0.302. The van der Waals surface area contributed by atoms with Crippen molar-refractivity contribution in [3.8, 4) is 6.07 Å². The van der Waals surface area contributed by atoms with Gasteiger partial charge in [0.25, 0.3) is 0 Å². The standard InChI is InChI=1S/C7H3FIN/c8-6-2-1-5(4-10)7(9)3-6/h1-3H. The van der Waals surface area contributed by atoms with Crippen LogP contribution in [0.4, 0.5) is 4.39 Å². The summed E-state index contributed by atoms with van der Waals surface area (Å²) < 4.78 is 13.0. The molecule has 1 aromatic rings. The lowest BCUT2D eigenvalue weighted by Crippen LogP contribution is -1.82. The lowest BCUT2D eigenvalue weighted by atomic mass is 10.2. The van der Waals surface area contributed by atoms with Crippen LogP contribution in [-0.4, -0.2) is 0 Å². The molecule has 0 heterocycles. The van der Waals surface area contributed by atoms with Gasteiger partial charge in [-0.1, -0.05) is 0 Å². The van der Waals surface area contributed by atoms with Crippen molar-refractivity contribution in [2.75, 3.05) is 0 Å². The largest absolute Gasteiger partial charge is 0.207 e. The Kier molecular flexibility index (Phi) is 2.22. The first kappa shape index (κ1) is 7.48. The lowest BCUT2D eigenvalue weighted by molar-refractivity contribution is 0.626. The molecule has 0 amide bonds. The van der Waals surface area contributed by atoms with E-state index in [0.29, 0.717) is 9.13 Å². The van der Waals surface area contributed by atoms with Gasteiger partial charge < -0.3 is 0 Å². The van der Waals surface area contributed by atoms with E-state index in [1.807, 2.05) is 28.7 Å². The fraction of sp³-hybridized carbons (Fsp3) is 0. The molecule has 0 aliphatic rings. The van der Waals surface area contributed by atoms with Crippen molar-refractivity contribution >= 4 is 22.6 Å². The smallest absolute Gasteiger partial charge is 0.124 e. The quantitative estimate of drug-likeness (QED) is 0.645. The van der Waals surface area contributed by atoms with Crippen LogP contribution < -0.4 is 0 Å². The maximum absolute atomic E-state index is 12.4. The van der Waals surface area contributed by atoms with Gasteiger partial charge in [-0.15, -0.1) is 0 Å². The van der Waals surface area contributed by atoms with Crippen molar-refractivity contribution in [1.29, 1.82) is 5.26 Å². The average molecular weight is 247 g/mol. The molecule has 0 spiro atoms. The molecule has 0 atom stereocenters. The topological polar surface area (TPSA) is 23.8 Å². The number of halogens is 2. The molecule has 0 aliphatic carbocycles. The van der Waals surface area contributed by atoms with Crippen molar-refractivity contribution in [2.24, 2.45) is 0 Å². The first-order chi connectivity index (χ1) is 4.74. The molecule has 10 heavy (non-hydrogen) atoms. The number of nitrogens with zero attached hydrogens (tertiary/aromatic N) is 1. The Bertz CT molecular complexity index is 290.